The molecule has 2 heterocycles. The van der Waals surface area contributed by atoms with Gasteiger partial charge in [-0.05, 0) is 17.7 Å². The highest BCUT2D eigenvalue weighted by atomic mass is 16.5. The minimum atomic E-state index is -0.693. The molecule has 6 heteroatoms. The third-order valence-electron chi connectivity index (χ3n) is 5.50. The Hall–Kier alpha value is -3.41. The molecule has 1 aliphatic heterocycles. The first-order valence-electron chi connectivity index (χ1n) is 9.58. The lowest BCUT2D eigenvalue weighted by Gasteiger charge is -2.27. The second kappa shape index (κ2) is 7.91. The van der Waals surface area contributed by atoms with E-state index in [-0.39, 0.29) is 11.8 Å². The minimum absolute atomic E-state index is 0.0362. The number of imidazole rings is 1. The van der Waals surface area contributed by atoms with E-state index in [1.807, 2.05) is 48.0 Å². The second-order valence-electron chi connectivity index (χ2n) is 7.38. The number of likely N-dealkylation sites (N-methyl/N-ethyl adjacent to an activating group) is 1. The van der Waals surface area contributed by atoms with Gasteiger partial charge < -0.3 is 14.2 Å². The summed E-state index contributed by atoms with van der Waals surface area (Å²) in [5.74, 6) is -1.13. The van der Waals surface area contributed by atoms with Crippen molar-refractivity contribution in [2.45, 2.75) is 12.0 Å². The van der Waals surface area contributed by atoms with Crippen LogP contribution in [0.2, 0.25) is 0 Å². The molecule has 0 N–H and O–H groups in total. The monoisotopic (exact) mass is 389 g/mol. The largest absolute Gasteiger partial charge is 0.453 e. The first-order valence-corrected chi connectivity index (χ1v) is 9.58. The SMILES string of the molecule is CN1C[C@H](c2cncn2C)[C@@H]([C@H](OC(=O)c2ccccc2)c2ccccc2)C1=O. The van der Waals surface area contributed by atoms with Gasteiger partial charge in [0.2, 0.25) is 5.91 Å². The van der Waals surface area contributed by atoms with Crippen molar-refractivity contribution >= 4 is 11.9 Å². The molecule has 148 valence electrons. The van der Waals surface area contributed by atoms with Crippen LogP contribution in [0.3, 0.4) is 0 Å². The van der Waals surface area contributed by atoms with E-state index in [0.717, 1.165) is 11.3 Å². The molecule has 1 fully saturated rings. The van der Waals surface area contributed by atoms with Crippen molar-refractivity contribution in [2.75, 3.05) is 13.6 Å². The van der Waals surface area contributed by atoms with Gasteiger partial charge in [0.05, 0.1) is 17.8 Å². The number of aromatic nitrogens is 2. The van der Waals surface area contributed by atoms with E-state index in [2.05, 4.69) is 4.98 Å². The summed E-state index contributed by atoms with van der Waals surface area (Å²) >= 11 is 0. The van der Waals surface area contributed by atoms with Crippen LogP contribution < -0.4 is 0 Å². The molecule has 0 aliphatic carbocycles. The number of amides is 1. The molecule has 0 spiro atoms. The molecular formula is C23H23N3O3. The number of benzene rings is 2. The van der Waals surface area contributed by atoms with Gasteiger partial charge in [-0.2, -0.15) is 0 Å². The molecule has 1 aromatic heterocycles. The Morgan fingerprint density at radius 2 is 1.72 bits per heavy atom. The van der Waals surface area contributed by atoms with Gasteiger partial charge in [0.25, 0.3) is 0 Å². The lowest BCUT2D eigenvalue weighted by atomic mass is 9.84. The van der Waals surface area contributed by atoms with Crippen LogP contribution in [0.4, 0.5) is 0 Å². The molecule has 0 bridgehead atoms. The fraction of sp³-hybridized carbons (Fsp3) is 0.261. The van der Waals surface area contributed by atoms with Crippen molar-refractivity contribution in [1.82, 2.24) is 14.5 Å². The summed E-state index contributed by atoms with van der Waals surface area (Å²) in [6.07, 6.45) is 2.81. The van der Waals surface area contributed by atoms with E-state index in [9.17, 15) is 9.59 Å². The maximum absolute atomic E-state index is 13.2. The number of aryl methyl sites for hydroxylation is 1. The van der Waals surface area contributed by atoms with Crippen LogP contribution in [0.5, 0.6) is 0 Å². The number of likely N-dealkylation sites (tertiary alicyclic amines) is 1. The van der Waals surface area contributed by atoms with E-state index in [1.165, 1.54) is 0 Å². The van der Waals surface area contributed by atoms with Crippen molar-refractivity contribution in [3.8, 4) is 0 Å². The van der Waals surface area contributed by atoms with Gasteiger partial charge in [-0.1, -0.05) is 48.5 Å². The highest BCUT2D eigenvalue weighted by Gasteiger charge is 2.47. The van der Waals surface area contributed by atoms with Crippen molar-refractivity contribution < 1.29 is 14.3 Å². The molecule has 1 amide bonds. The molecule has 3 aromatic rings. The van der Waals surface area contributed by atoms with Gasteiger partial charge in [-0.3, -0.25) is 4.79 Å². The Kier molecular flexibility index (Phi) is 5.16. The number of ether oxygens (including phenoxy) is 1. The highest BCUT2D eigenvalue weighted by Crippen LogP contribution is 2.42. The van der Waals surface area contributed by atoms with Crippen LogP contribution >= 0.6 is 0 Å². The molecule has 0 saturated carbocycles. The van der Waals surface area contributed by atoms with Gasteiger partial charge >= 0.3 is 5.97 Å². The third-order valence-corrected chi connectivity index (χ3v) is 5.50. The van der Waals surface area contributed by atoms with E-state index in [1.54, 1.807) is 48.7 Å². The first-order chi connectivity index (χ1) is 14.1. The molecule has 2 aromatic carbocycles. The molecular weight excluding hydrogens is 366 g/mol. The zero-order valence-electron chi connectivity index (χ0n) is 16.4. The number of rotatable bonds is 5. The zero-order chi connectivity index (χ0) is 20.4. The molecule has 0 unspecified atom stereocenters. The first kappa shape index (κ1) is 18.9. The van der Waals surface area contributed by atoms with Gasteiger partial charge in [0.15, 0.2) is 0 Å². The lowest BCUT2D eigenvalue weighted by molar-refractivity contribution is -0.133. The second-order valence-corrected chi connectivity index (χ2v) is 7.38. The minimum Gasteiger partial charge on any atom is -0.453 e. The highest BCUT2D eigenvalue weighted by molar-refractivity contribution is 5.90. The number of carbonyl (C=O) groups is 2. The van der Waals surface area contributed by atoms with Crippen LogP contribution in [-0.2, 0) is 16.6 Å². The molecule has 6 nitrogen and oxygen atoms in total. The normalized spacial score (nSPS) is 19.9. The van der Waals surface area contributed by atoms with Crippen LogP contribution in [0.25, 0.3) is 0 Å². The fourth-order valence-corrected chi connectivity index (χ4v) is 4.02. The number of hydrogen-bond donors (Lipinski definition) is 0. The summed E-state index contributed by atoms with van der Waals surface area (Å²) in [7, 11) is 3.70. The number of carbonyl (C=O) groups excluding carboxylic acids is 2. The van der Waals surface area contributed by atoms with Crippen molar-refractivity contribution in [2.24, 2.45) is 13.0 Å². The summed E-state index contributed by atoms with van der Waals surface area (Å²) < 4.78 is 7.90. The lowest BCUT2D eigenvalue weighted by Crippen LogP contribution is -2.30. The smallest absolute Gasteiger partial charge is 0.338 e. The van der Waals surface area contributed by atoms with E-state index >= 15 is 0 Å². The predicted molar refractivity (Wildman–Crippen MR) is 108 cm³/mol. The van der Waals surface area contributed by atoms with Gasteiger partial charge in [-0.15, -0.1) is 0 Å². The average molecular weight is 389 g/mol. The summed E-state index contributed by atoms with van der Waals surface area (Å²) in [5.41, 5.74) is 2.21. The van der Waals surface area contributed by atoms with E-state index in [0.29, 0.717) is 12.1 Å². The van der Waals surface area contributed by atoms with Crippen LogP contribution in [-0.4, -0.2) is 39.9 Å². The van der Waals surface area contributed by atoms with E-state index < -0.39 is 18.0 Å². The van der Waals surface area contributed by atoms with Crippen molar-refractivity contribution in [3.63, 3.8) is 0 Å². The van der Waals surface area contributed by atoms with Gasteiger partial charge in [-0.25, -0.2) is 9.78 Å². The maximum Gasteiger partial charge on any atom is 0.338 e. The van der Waals surface area contributed by atoms with Crippen LogP contribution in [0, 0.1) is 5.92 Å². The van der Waals surface area contributed by atoms with Gasteiger partial charge in [0.1, 0.15) is 6.10 Å². The summed E-state index contributed by atoms with van der Waals surface area (Å²) in [5, 5.41) is 0. The zero-order valence-corrected chi connectivity index (χ0v) is 16.4. The Bertz CT molecular complexity index is 1000. The van der Waals surface area contributed by atoms with Gasteiger partial charge in [0, 0.05) is 38.4 Å². The molecule has 1 aliphatic rings. The molecule has 1 saturated heterocycles. The maximum atomic E-state index is 13.2. The number of hydrogen-bond acceptors (Lipinski definition) is 4. The number of nitrogens with zero attached hydrogens (tertiary/aromatic N) is 3. The Morgan fingerprint density at radius 3 is 2.34 bits per heavy atom. The van der Waals surface area contributed by atoms with Crippen molar-refractivity contribution in [1.29, 1.82) is 0 Å². The molecule has 29 heavy (non-hydrogen) atoms. The number of esters is 1. The Balaban J connectivity index is 1.74. The van der Waals surface area contributed by atoms with E-state index in [4.69, 9.17) is 4.74 Å². The molecule has 4 rings (SSSR count). The van der Waals surface area contributed by atoms with Crippen molar-refractivity contribution in [3.05, 3.63) is 90.0 Å². The summed E-state index contributed by atoms with van der Waals surface area (Å²) in [6.45, 7) is 0.551. The molecule has 0 radical (unpaired) electrons. The molecule has 3 atom stereocenters. The predicted octanol–water partition coefficient (Wildman–Crippen LogP) is 3.19. The summed E-state index contributed by atoms with van der Waals surface area (Å²) in [6, 6.07) is 18.3. The summed E-state index contributed by atoms with van der Waals surface area (Å²) in [4.78, 5) is 31.9. The third kappa shape index (κ3) is 3.66. The Labute approximate surface area is 169 Å². The quantitative estimate of drug-likeness (QED) is 0.629. The Morgan fingerprint density at radius 1 is 1.07 bits per heavy atom. The fourth-order valence-electron chi connectivity index (χ4n) is 4.02. The van der Waals surface area contributed by atoms with Crippen LogP contribution in [0.1, 0.15) is 33.6 Å². The topological polar surface area (TPSA) is 64.4 Å². The standard InChI is InChI=1S/C23H23N3O3/c1-25-14-18(19-13-24-15-26(19)2)20(22(25)27)21(16-9-5-3-6-10-16)29-23(28)17-11-7-4-8-12-17/h3-13,15,18,20-21H,14H2,1-2H3/t18-,20+,21-/m1/s1. The average Bonchev–Trinajstić information content (AvgIpc) is 3.30. The van der Waals surface area contributed by atoms with Crippen LogP contribution in [0.15, 0.2) is 73.2 Å².